The first kappa shape index (κ1) is 18.2. The second-order valence-electron chi connectivity index (χ2n) is 6.88. The summed E-state index contributed by atoms with van der Waals surface area (Å²) < 4.78 is 14.0. The minimum atomic E-state index is -0.448. The molecular formula is C18H26ClFN2O. The molecule has 23 heavy (non-hydrogen) atoms. The van der Waals surface area contributed by atoms with Gasteiger partial charge in [0.2, 0.25) is 5.91 Å². The first-order valence-corrected chi connectivity index (χ1v) is 8.37. The van der Waals surface area contributed by atoms with Crippen LogP contribution in [0.1, 0.15) is 44.6 Å². The van der Waals surface area contributed by atoms with Gasteiger partial charge < -0.3 is 10.6 Å². The van der Waals surface area contributed by atoms with Gasteiger partial charge in [0.05, 0.1) is 5.54 Å². The zero-order valence-corrected chi connectivity index (χ0v) is 14.4. The molecule has 0 aromatic heterocycles. The van der Waals surface area contributed by atoms with E-state index in [9.17, 15) is 9.18 Å². The maximum atomic E-state index is 14.0. The molecule has 1 amide bonds. The molecule has 0 radical (unpaired) electrons. The lowest BCUT2D eigenvalue weighted by molar-refractivity contribution is -0.123. The summed E-state index contributed by atoms with van der Waals surface area (Å²) in [5, 5.41) is 6.46. The van der Waals surface area contributed by atoms with Crippen molar-refractivity contribution < 1.29 is 9.18 Å². The van der Waals surface area contributed by atoms with E-state index in [2.05, 4.69) is 17.6 Å². The summed E-state index contributed by atoms with van der Waals surface area (Å²) in [7, 11) is 0. The quantitative estimate of drug-likeness (QED) is 0.862. The highest BCUT2D eigenvalue weighted by atomic mass is 35.5. The molecule has 1 aromatic rings. The van der Waals surface area contributed by atoms with E-state index in [1.165, 1.54) is 6.07 Å². The maximum Gasteiger partial charge on any atom is 0.220 e. The summed E-state index contributed by atoms with van der Waals surface area (Å²) in [6.07, 6.45) is 4.50. The third-order valence-electron chi connectivity index (χ3n) is 5.21. The molecule has 1 atom stereocenters. The van der Waals surface area contributed by atoms with Crippen molar-refractivity contribution in [1.82, 2.24) is 10.6 Å². The van der Waals surface area contributed by atoms with Gasteiger partial charge in [0.1, 0.15) is 5.82 Å². The van der Waals surface area contributed by atoms with Crippen LogP contribution in [0.4, 0.5) is 4.39 Å². The second kappa shape index (κ2) is 7.63. The maximum absolute atomic E-state index is 14.0. The van der Waals surface area contributed by atoms with E-state index in [-0.39, 0.29) is 24.1 Å². The van der Waals surface area contributed by atoms with Gasteiger partial charge >= 0.3 is 0 Å². The third kappa shape index (κ3) is 4.24. The lowest BCUT2D eigenvalue weighted by Crippen LogP contribution is -2.38. The molecule has 2 N–H and O–H groups in total. The van der Waals surface area contributed by atoms with Crippen molar-refractivity contribution in [2.75, 3.05) is 13.1 Å². The molecule has 0 spiro atoms. The average Bonchev–Trinajstić information content (AvgIpc) is 3.28. The van der Waals surface area contributed by atoms with Crippen LogP contribution in [0.25, 0.3) is 0 Å². The van der Waals surface area contributed by atoms with Crippen molar-refractivity contribution in [3.63, 3.8) is 0 Å². The monoisotopic (exact) mass is 340 g/mol. The number of carbonyl (C=O) groups excluding carboxylic acids is 1. The first-order chi connectivity index (χ1) is 10.6. The van der Waals surface area contributed by atoms with Gasteiger partial charge in [-0.05, 0) is 56.7 Å². The fraction of sp³-hybridized carbons (Fsp3) is 0.611. The number of amides is 1. The molecule has 5 heteroatoms. The Kier molecular flexibility index (Phi) is 6.04. The van der Waals surface area contributed by atoms with Crippen molar-refractivity contribution in [1.29, 1.82) is 0 Å². The molecule has 1 aliphatic carbocycles. The number of rotatable bonds is 5. The Morgan fingerprint density at radius 3 is 2.61 bits per heavy atom. The van der Waals surface area contributed by atoms with E-state index >= 15 is 0 Å². The highest BCUT2D eigenvalue weighted by Crippen LogP contribution is 2.46. The summed E-state index contributed by atoms with van der Waals surface area (Å²) >= 11 is 0. The number of nitrogens with one attached hydrogen (secondary N) is 2. The minimum Gasteiger partial charge on any atom is -0.346 e. The van der Waals surface area contributed by atoms with Crippen molar-refractivity contribution in [2.24, 2.45) is 11.8 Å². The van der Waals surface area contributed by atoms with Crippen LogP contribution < -0.4 is 10.6 Å². The molecule has 1 saturated carbocycles. The number of hydrogen-bond donors (Lipinski definition) is 2. The second-order valence-corrected chi connectivity index (χ2v) is 6.88. The molecule has 1 unspecified atom stereocenters. The summed E-state index contributed by atoms with van der Waals surface area (Å²) in [6.45, 7) is 4.27. The molecule has 128 valence electrons. The number of hydrogen-bond acceptors (Lipinski definition) is 2. The average molecular weight is 341 g/mol. The predicted octanol–water partition coefficient (Wildman–Crippen LogP) is 3.38. The van der Waals surface area contributed by atoms with E-state index < -0.39 is 5.54 Å². The van der Waals surface area contributed by atoms with E-state index in [1.54, 1.807) is 12.1 Å². The largest absolute Gasteiger partial charge is 0.346 e. The molecule has 2 fully saturated rings. The van der Waals surface area contributed by atoms with Crippen molar-refractivity contribution in [3.8, 4) is 0 Å². The van der Waals surface area contributed by atoms with Gasteiger partial charge in [-0.2, -0.15) is 0 Å². The molecular weight excluding hydrogens is 315 g/mol. The Balaban J connectivity index is 0.00000192. The molecule has 3 nitrogen and oxygen atoms in total. The molecule has 2 aliphatic rings. The van der Waals surface area contributed by atoms with Gasteiger partial charge in [0, 0.05) is 12.0 Å². The van der Waals surface area contributed by atoms with Crippen molar-refractivity contribution in [3.05, 3.63) is 35.6 Å². The number of piperidine rings is 1. The Bertz CT molecular complexity index is 542. The van der Waals surface area contributed by atoms with Crippen LogP contribution in [-0.4, -0.2) is 19.0 Å². The lowest BCUT2D eigenvalue weighted by atomic mass is 9.84. The van der Waals surface area contributed by atoms with Crippen LogP contribution >= 0.6 is 12.4 Å². The highest BCUT2D eigenvalue weighted by Gasteiger charge is 2.47. The molecule has 1 aromatic carbocycles. The molecule has 1 heterocycles. The van der Waals surface area contributed by atoms with Crippen LogP contribution in [0.2, 0.25) is 0 Å². The third-order valence-corrected chi connectivity index (χ3v) is 5.21. The van der Waals surface area contributed by atoms with Crippen molar-refractivity contribution >= 4 is 18.3 Å². The number of halogens is 2. The van der Waals surface area contributed by atoms with Gasteiger partial charge in [-0.3, -0.25) is 4.79 Å². The Morgan fingerprint density at radius 2 is 2.00 bits per heavy atom. The topological polar surface area (TPSA) is 41.1 Å². The summed E-state index contributed by atoms with van der Waals surface area (Å²) in [4.78, 5) is 12.4. The van der Waals surface area contributed by atoms with E-state index in [4.69, 9.17) is 0 Å². The van der Waals surface area contributed by atoms with Gasteiger partial charge in [-0.15, -0.1) is 12.4 Å². The van der Waals surface area contributed by atoms with Gasteiger partial charge in [-0.25, -0.2) is 4.39 Å². The standard InChI is InChI=1S/C18H25FN2O.ClH/c1-13(14-6-10-20-11-7-14)12-17(22)21-18(8-9-18)15-4-2-3-5-16(15)19;/h2-5,13-14,20H,6-12H2,1H3,(H,21,22);1H. The number of benzene rings is 1. The predicted molar refractivity (Wildman–Crippen MR) is 92.1 cm³/mol. The van der Waals surface area contributed by atoms with Gasteiger partial charge in [0.25, 0.3) is 0 Å². The van der Waals surface area contributed by atoms with E-state index in [1.807, 2.05) is 6.07 Å². The fourth-order valence-corrected chi connectivity index (χ4v) is 3.63. The van der Waals surface area contributed by atoms with Crippen LogP contribution in [0, 0.1) is 17.7 Å². The zero-order chi connectivity index (χ0) is 15.6. The Morgan fingerprint density at radius 1 is 1.35 bits per heavy atom. The molecule has 1 saturated heterocycles. The number of carbonyl (C=O) groups is 1. The van der Waals surface area contributed by atoms with E-state index in [0.717, 1.165) is 38.8 Å². The van der Waals surface area contributed by atoms with Crippen LogP contribution in [0.5, 0.6) is 0 Å². The normalized spacial score (nSPS) is 21.1. The molecule has 1 aliphatic heterocycles. The first-order valence-electron chi connectivity index (χ1n) is 8.37. The van der Waals surface area contributed by atoms with Crippen LogP contribution in [-0.2, 0) is 10.3 Å². The molecule has 3 rings (SSSR count). The Labute approximate surface area is 143 Å². The highest BCUT2D eigenvalue weighted by molar-refractivity contribution is 5.85. The van der Waals surface area contributed by atoms with Gasteiger partial charge in [0.15, 0.2) is 0 Å². The summed E-state index contributed by atoms with van der Waals surface area (Å²) in [6, 6.07) is 6.79. The zero-order valence-electron chi connectivity index (χ0n) is 13.6. The molecule has 0 bridgehead atoms. The van der Waals surface area contributed by atoms with E-state index in [0.29, 0.717) is 23.8 Å². The van der Waals surface area contributed by atoms with Crippen molar-refractivity contribution in [2.45, 2.75) is 44.6 Å². The van der Waals surface area contributed by atoms with Crippen LogP contribution in [0.15, 0.2) is 24.3 Å². The summed E-state index contributed by atoms with van der Waals surface area (Å²) in [5.74, 6) is 0.854. The fourth-order valence-electron chi connectivity index (χ4n) is 3.63. The smallest absolute Gasteiger partial charge is 0.220 e. The minimum absolute atomic E-state index is 0. The SMILES string of the molecule is CC(CC(=O)NC1(c2ccccc2F)CC1)C1CCNCC1.Cl. The lowest BCUT2D eigenvalue weighted by Gasteiger charge is -2.28. The van der Waals surface area contributed by atoms with Crippen LogP contribution in [0.3, 0.4) is 0 Å². The summed E-state index contributed by atoms with van der Waals surface area (Å²) in [5.41, 5.74) is 0.189. The Hall–Kier alpha value is -1.13. The van der Waals surface area contributed by atoms with Gasteiger partial charge in [-0.1, -0.05) is 25.1 Å².